The molecule has 0 aliphatic rings. The van der Waals surface area contributed by atoms with Crippen molar-refractivity contribution in [2.24, 2.45) is 0 Å². The molecule has 0 aliphatic heterocycles. The first-order chi connectivity index (χ1) is 5.31. The van der Waals surface area contributed by atoms with Gasteiger partial charge >= 0.3 is 0 Å². The first-order valence-corrected chi connectivity index (χ1v) is 4.53. The SMILES string of the molecule is CCCCCCOC(C)CO. The van der Waals surface area contributed by atoms with E-state index in [0.29, 0.717) is 0 Å². The van der Waals surface area contributed by atoms with Gasteiger partial charge < -0.3 is 9.84 Å². The summed E-state index contributed by atoms with van der Waals surface area (Å²) in [5, 5.41) is 8.61. The van der Waals surface area contributed by atoms with Crippen LogP contribution < -0.4 is 0 Å². The van der Waals surface area contributed by atoms with Crippen LogP contribution in [0.4, 0.5) is 0 Å². The Kier molecular flexibility index (Phi) is 7.96. The lowest BCUT2D eigenvalue weighted by Gasteiger charge is -2.08. The van der Waals surface area contributed by atoms with Gasteiger partial charge in [0.2, 0.25) is 0 Å². The summed E-state index contributed by atoms with van der Waals surface area (Å²) in [6.07, 6.45) is 4.93. The van der Waals surface area contributed by atoms with Crippen molar-refractivity contribution in [1.29, 1.82) is 0 Å². The highest BCUT2D eigenvalue weighted by Gasteiger charge is 1.97. The maximum atomic E-state index is 8.61. The van der Waals surface area contributed by atoms with Crippen LogP contribution in [-0.4, -0.2) is 24.4 Å². The van der Waals surface area contributed by atoms with E-state index in [1.54, 1.807) is 0 Å². The van der Waals surface area contributed by atoms with E-state index in [1.165, 1.54) is 19.3 Å². The van der Waals surface area contributed by atoms with Crippen LogP contribution in [0.3, 0.4) is 0 Å². The highest BCUT2D eigenvalue weighted by atomic mass is 16.5. The third kappa shape index (κ3) is 7.82. The number of rotatable bonds is 7. The molecule has 1 N–H and O–H groups in total. The van der Waals surface area contributed by atoms with Gasteiger partial charge in [-0.2, -0.15) is 0 Å². The van der Waals surface area contributed by atoms with Gasteiger partial charge in [-0.3, -0.25) is 0 Å². The molecule has 0 spiro atoms. The van der Waals surface area contributed by atoms with E-state index in [4.69, 9.17) is 9.84 Å². The Bertz CT molecular complexity index is 74.0. The van der Waals surface area contributed by atoms with Gasteiger partial charge in [-0.1, -0.05) is 26.2 Å². The molecule has 0 aromatic heterocycles. The Labute approximate surface area is 69.6 Å². The molecule has 1 unspecified atom stereocenters. The van der Waals surface area contributed by atoms with E-state index in [-0.39, 0.29) is 12.7 Å². The topological polar surface area (TPSA) is 29.5 Å². The van der Waals surface area contributed by atoms with Crippen molar-refractivity contribution in [3.63, 3.8) is 0 Å². The molecule has 0 radical (unpaired) electrons. The van der Waals surface area contributed by atoms with Gasteiger partial charge in [0, 0.05) is 6.61 Å². The zero-order valence-electron chi connectivity index (χ0n) is 7.68. The Morgan fingerprint density at radius 3 is 2.55 bits per heavy atom. The molecule has 1 atom stereocenters. The van der Waals surface area contributed by atoms with Gasteiger partial charge in [0.25, 0.3) is 0 Å². The Hall–Kier alpha value is -0.0800. The van der Waals surface area contributed by atoms with Crippen LogP contribution in [0.25, 0.3) is 0 Å². The van der Waals surface area contributed by atoms with Crippen molar-refractivity contribution in [2.45, 2.75) is 45.6 Å². The smallest absolute Gasteiger partial charge is 0.0777 e. The van der Waals surface area contributed by atoms with Crippen molar-refractivity contribution in [2.75, 3.05) is 13.2 Å². The van der Waals surface area contributed by atoms with Gasteiger partial charge in [0.15, 0.2) is 0 Å². The fraction of sp³-hybridized carbons (Fsp3) is 1.00. The number of hydrogen-bond acceptors (Lipinski definition) is 2. The highest BCUT2D eigenvalue weighted by molar-refractivity contribution is 4.45. The zero-order valence-corrected chi connectivity index (χ0v) is 7.68. The summed E-state index contributed by atoms with van der Waals surface area (Å²) in [5.41, 5.74) is 0. The number of aliphatic hydroxyl groups excluding tert-OH is 1. The predicted molar refractivity (Wildman–Crippen MR) is 46.6 cm³/mol. The van der Waals surface area contributed by atoms with Gasteiger partial charge in [-0.25, -0.2) is 0 Å². The second-order valence-electron chi connectivity index (χ2n) is 2.92. The lowest BCUT2D eigenvalue weighted by Crippen LogP contribution is -2.13. The first kappa shape index (κ1) is 10.9. The molecule has 0 saturated heterocycles. The van der Waals surface area contributed by atoms with Crippen LogP contribution in [0.5, 0.6) is 0 Å². The summed E-state index contributed by atoms with van der Waals surface area (Å²) in [5.74, 6) is 0. The van der Waals surface area contributed by atoms with Crippen LogP contribution in [0, 0.1) is 0 Å². The number of aliphatic hydroxyl groups is 1. The zero-order chi connectivity index (χ0) is 8.53. The standard InChI is InChI=1S/C9H20O2/c1-3-4-5-6-7-11-9(2)8-10/h9-10H,3-8H2,1-2H3. The number of hydrogen-bond donors (Lipinski definition) is 1. The predicted octanol–water partition coefficient (Wildman–Crippen LogP) is 1.96. The van der Waals surface area contributed by atoms with Crippen molar-refractivity contribution in [3.8, 4) is 0 Å². The highest BCUT2D eigenvalue weighted by Crippen LogP contribution is 2.00. The molecule has 11 heavy (non-hydrogen) atoms. The summed E-state index contributed by atoms with van der Waals surface area (Å²) >= 11 is 0. The van der Waals surface area contributed by atoms with E-state index in [0.717, 1.165) is 13.0 Å². The minimum atomic E-state index is 0.0108. The van der Waals surface area contributed by atoms with Crippen molar-refractivity contribution in [3.05, 3.63) is 0 Å². The van der Waals surface area contributed by atoms with E-state index in [9.17, 15) is 0 Å². The molecule has 0 aromatic carbocycles. The molecular weight excluding hydrogens is 140 g/mol. The average Bonchev–Trinajstić information content (AvgIpc) is 2.04. The fourth-order valence-corrected chi connectivity index (χ4v) is 0.866. The van der Waals surface area contributed by atoms with Gasteiger partial charge in [0.1, 0.15) is 0 Å². The van der Waals surface area contributed by atoms with Crippen LogP contribution in [0.1, 0.15) is 39.5 Å². The minimum absolute atomic E-state index is 0.0108. The normalized spacial score (nSPS) is 13.4. The molecule has 0 saturated carbocycles. The molecule has 0 bridgehead atoms. The number of unbranched alkanes of at least 4 members (excludes halogenated alkanes) is 3. The maximum absolute atomic E-state index is 8.61. The monoisotopic (exact) mass is 160 g/mol. The Morgan fingerprint density at radius 2 is 2.00 bits per heavy atom. The quantitative estimate of drug-likeness (QED) is 0.577. The van der Waals surface area contributed by atoms with Crippen molar-refractivity contribution < 1.29 is 9.84 Å². The maximum Gasteiger partial charge on any atom is 0.0777 e. The van der Waals surface area contributed by atoms with E-state index in [1.807, 2.05) is 6.92 Å². The van der Waals surface area contributed by atoms with Crippen LogP contribution in [0.15, 0.2) is 0 Å². The molecule has 0 amide bonds. The van der Waals surface area contributed by atoms with Gasteiger partial charge in [0.05, 0.1) is 12.7 Å². The molecule has 0 aromatic rings. The summed E-state index contributed by atoms with van der Waals surface area (Å²) in [4.78, 5) is 0. The third-order valence-corrected chi connectivity index (χ3v) is 1.66. The molecule has 68 valence electrons. The summed E-state index contributed by atoms with van der Waals surface area (Å²) in [6, 6.07) is 0. The second kappa shape index (κ2) is 8.02. The van der Waals surface area contributed by atoms with Crippen molar-refractivity contribution >= 4 is 0 Å². The average molecular weight is 160 g/mol. The van der Waals surface area contributed by atoms with E-state index < -0.39 is 0 Å². The largest absolute Gasteiger partial charge is 0.394 e. The summed E-state index contributed by atoms with van der Waals surface area (Å²) in [6.45, 7) is 5.01. The third-order valence-electron chi connectivity index (χ3n) is 1.66. The van der Waals surface area contributed by atoms with E-state index in [2.05, 4.69) is 6.92 Å². The van der Waals surface area contributed by atoms with Gasteiger partial charge in [-0.15, -0.1) is 0 Å². The Morgan fingerprint density at radius 1 is 1.27 bits per heavy atom. The number of ether oxygens (including phenoxy) is 1. The fourth-order valence-electron chi connectivity index (χ4n) is 0.866. The first-order valence-electron chi connectivity index (χ1n) is 4.53. The molecule has 0 heterocycles. The summed E-state index contributed by atoms with van der Waals surface area (Å²) in [7, 11) is 0. The molecule has 2 heteroatoms. The molecule has 0 fully saturated rings. The van der Waals surface area contributed by atoms with Crippen LogP contribution >= 0.6 is 0 Å². The summed E-state index contributed by atoms with van der Waals surface area (Å²) < 4.78 is 5.29. The minimum Gasteiger partial charge on any atom is -0.394 e. The lowest BCUT2D eigenvalue weighted by molar-refractivity contribution is 0.0231. The molecule has 2 nitrogen and oxygen atoms in total. The van der Waals surface area contributed by atoms with Crippen LogP contribution in [0.2, 0.25) is 0 Å². The van der Waals surface area contributed by atoms with Gasteiger partial charge in [-0.05, 0) is 13.3 Å². The Balaban J connectivity index is 2.89. The van der Waals surface area contributed by atoms with E-state index >= 15 is 0 Å². The second-order valence-corrected chi connectivity index (χ2v) is 2.92. The molecule has 0 aliphatic carbocycles. The lowest BCUT2D eigenvalue weighted by atomic mass is 10.2. The molecule has 0 rings (SSSR count). The van der Waals surface area contributed by atoms with Crippen molar-refractivity contribution in [1.82, 2.24) is 0 Å². The molecular formula is C9H20O2. The van der Waals surface area contributed by atoms with Crippen LogP contribution in [-0.2, 0) is 4.74 Å².